The van der Waals surface area contributed by atoms with Gasteiger partial charge in [-0.05, 0) is 62.5 Å². The van der Waals surface area contributed by atoms with Crippen LogP contribution in [0.15, 0.2) is 42.5 Å². The van der Waals surface area contributed by atoms with Crippen molar-refractivity contribution in [2.75, 3.05) is 33.9 Å². The maximum absolute atomic E-state index is 13.3. The van der Waals surface area contributed by atoms with Crippen molar-refractivity contribution in [2.45, 2.75) is 154 Å². The summed E-state index contributed by atoms with van der Waals surface area (Å²) in [5.74, 6) is 1.19. The number of carbonyl (C=O) groups excluding carboxylic acids is 1. The normalized spacial score (nSPS) is 14.5. The molecular formula is C43H68FNO4. The number of halogens is 1. The molecule has 1 aliphatic heterocycles. The summed E-state index contributed by atoms with van der Waals surface area (Å²) in [4.78, 5) is 15.7. The molecule has 5 nitrogen and oxygen atoms in total. The van der Waals surface area contributed by atoms with Crippen LogP contribution in [0.4, 0.5) is 4.39 Å². The van der Waals surface area contributed by atoms with Crippen molar-refractivity contribution in [2.24, 2.45) is 5.92 Å². The average molecular weight is 682 g/mol. The molecule has 0 aliphatic carbocycles. The third-order valence-electron chi connectivity index (χ3n) is 10.4. The van der Waals surface area contributed by atoms with E-state index in [2.05, 4.69) is 11.8 Å². The van der Waals surface area contributed by atoms with Crippen LogP contribution in [0.3, 0.4) is 0 Å². The number of esters is 1. The van der Waals surface area contributed by atoms with Gasteiger partial charge in [0, 0.05) is 24.4 Å². The van der Waals surface area contributed by atoms with Crippen LogP contribution in [0, 0.1) is 11.7 Å². The van der Waals surface area contributed by atoms with Gasteiger partial charge >= 0.3 is 5.97 Å². The van der Waals surface area contributed by atoms with Gasteiger partial charge in [0.2, 0.25) is 0 Å². The SMILES string of the molecule is CCCCCCCCCCCCCCCCCCCCC(=O)O[C@@H](c1cccc(OC)c1OC)C1CCN(CCc2ccc(F)cc2)CC1. The number of benzene rings is 2. The lowest BCUT2D eigenvalue weighted by molar-refractivity contribution is -0.153. The van der Waals surface area contributed by atoms with E-state index in [9.17, 15) is 9.18 Å². The van der Waals surface area contributed by atoms with Crippen molar-refractivity contribution in [3.63, 3.8) is 0 Å². The monoisotopic (exact) mass is 682 g/mol. The predicted octanol–water partition coefficient (Wildman–Crippen LogP) is 11.8. The molecule has 1 aliphatic rings. The van der Waals surface area contributed by atoms with E-state index in [-0.39, 0.29) is 23.8 Å². The molecule has 1 fully saturated rings. The highest BCUT2D eigenvalue weighted by Gasteiger charge is 2.33. The lowest BCUT2D eigenvalue weighted by Crippen LogP contribution is -2.37. The number of carbonyl (C=O) groups is 1. The van der Waals surface area contributed by atoms with Crippen LogP contribution in [0.1, 0.15) is 159 Å². The second-order valence-corrected chi connectivity index (χ2v) is 14.3. The van der Waals surface area contributed by atoms with Gasteiger partial charge in [0.25, 0.3) is 0 Å². The van der Waals surface area contributed by atoms with E-state index >= 15 is 0 Å². The standard InChI is InChI=1S/C43H68FNO4/c1-4-5-6-7-8-9-10-11-12-13-14-15-16-17-18-19-20-21-25-41(46)49-42(39-23-22-24-40(47-2)43(39)48-3)37-31-34-45(35-32-37)33-30-36-26-28-38(44)29-27-36/h22-24,26-29,37,42H,4-21,25,30-35H2,1-3H3/t42-/m1/s1. The predicted molar refractivity (Wildman–Crippen MR) is 201 cm³/mol. The lowest BCUT2D eigenvalue weighted by Gasteiger charge is -2.36. The first-order valence-electron chi connectivity index (χ1n) is 19.9. The van der Waals surface area contributed by atoms with Crippen LogP contribution in [0.5, 0.6) is 11.5 Å². The molecule has 0 amide bonds. The molecule has 1 saturated heterocycles. The van der Waals surface area contributed by atoms with Crippen molar-refractivity contribution < 1.29 is 23.4 Å². The number of piperidine rings is 1. The summed E-state index contributed by atoms with van der Waals surface area (Å²) in [5.41, 5.74) is 2.04. The molecule has 1 heterocycles. The topological polar surface area (TPSA) is 48.0 Å². The summed E-state index contributed by atoms with van der Waals surface area (Å²) in [6.45, 7) is 5.09. The number of nitrogens with zero attached hydrogens (tertiary/aromatic N) is 1. The zero-order chi connectivity index (χ0) is 34.9. The minimum atomic E-state index is -0.368. The summed E-state index contributed by atoms with van der Waals surface area (Å²) in [6.07, 6.45) is 26.8. The maximum Gasteiger partial charge on any atom is 0.306 e. The molecule has 0 spiro atoms. The Hall–Kier alpha value is -2.60. The molecule has 49 heavy (non-hydrogen) atoms. The molecule has 2 aromatic carbocycles. The van der Waals surface area contributed by atoms with E-state index in [0.29, 0.717) is 17.9 Å². The lowest BCUT2D eigenvalue weighted by atomic mass is 9.86. The molecule has 0 N–H and O–H groups in total. The highest BCUT2D eigenvalue weighted by molar-refractivity contribution is 5.70. The number of hydrogen-bond acceptors (Lipinski definition) is 5. The molecule has 0 aromatic heterocycles. The van der Waals surface area contributed by atoms with E-state index in [0.717, 1.165) is 62.9 Å². The minimum Gasteiger partial charge on any atom is -0.493 e. The number of methoxy groups -OCH3 is 2. The van der Waals surface area contributed by atoms with E-state index in [4.69, 9.17) is 14.2 Å². The van der Waals surface area contributed by atoms with Crippen molar-refractivity contribution in [3.8, 4) is 11.5 Å². The van der Waals surface area contributed by atoms with Crippen LogP contribution in [-0.4, -0.2) is 44.7 Å². The molecule has 0 bridgehead atoms. The van der Waals surface area contributed by atoms with Gasteiger partial charge in [-0.25, -0.2) is 4.39 Å². The highest BCUT2D eigenvalue weighted by Crippen LogP contribution is 2.42. The van der Waals surface area contributed by atoms with Crippen molar-refractivity contribution in [1.29, 1.82) is 0 Å². The van der Waals surface area contributed by atoms with Gasteiger partial charge in [-0.2, -0.15) is 0 Å². The maximum atomic E-state index is 13.3. The summed E-state index contributed by atoms with van der Waals surface area (Å²) in [6, 6.07) is 12.6. The Morgan fingerprint density at radius 1 is 0.735 bits per heavy atom. The van der Waals surface area contributed by atoms with E-state index in [1.807, 2.05) is 30.3 Å². The molecule has 0 radical (unpaired) electrons. The van der Waals surface area contributed by atoms with Crippen LogP contribution in [0.25, 0.3) is 0 Å². The van der Waals surface area contributed by atoms with Crippen molar-refractivity contribution >= 4 is 5.97 Å². The Morgan fingerprint density at radius 2 is 1.27 bits per heavy atom. The molecule has 1 atom stereocenters. The average Bonchev–Trinajstić information content (AvgIpc) is 3.13. The van der Waals surface area contributed by atoms with Gasteiger partial charge in [0.05, 0.1) is 14.2 Å². The summed E-state index contributed by atoms with van der Waals surface area (Å²) in [5, 5.41) is 0. The van der Waals surface area contributed by atoms with Gasteiger partial charge < -0.3 is 19.1 Å². The van der Waals surface area contributed by atoms with Crippen LogP contribution in [0.2, 0.25) is 0 Å². The van der Waals surface area contributed by atoms with E-state index in [1.165, 1.54) is 115 Å². The first kappa shape index (κ1) is 40.8. The van der Waals surface area contributed by atoms with Gasteiger partial charge in [0.15, 0.2) is 11.5 Å². The van der Waals surface area contributed by atoms with Crippen LogP contribution >= 0.6 is 0 Å². The number of para-hydroxylation sites is 1. The number of ether oxygens (including phenoxy) is 3. The largest absolute Gasteiger partial charge is 0.493 e. The molecule has 0 saturated carbocycles. The highest BCUT2D eigenvalue weighted by atomic mass is 19.1. The Morgan fingerprint density at radius 3 is 1.78 bits per heavy atom. The zero-order valence-corrected chi connectivity index (χ0v) is 31.3. The van der Waals surface area contributed by atoms with E-state index in [1.54, 1.807) is 14.2 Å². The van der Waals surface area contributed by atoms with Gasteiger partial charge in [-0.3, -0.25) is 4.79 Å². The van der Waals surface area contributed by atoms with Crippen LogP contribution < -0.4 is 9.47 Å². The first-order chi connectivity index (χ1) is 24.0. The fraction of sp³-hybridized carbons (Fsp3) is 0.698. The van der Waals surface area contributed by atoms with E-state index < -0.39 is 0 Å². The number of rotatable bonds is 27. The molecule has 0 unspecified atom stereocenters. The molecule has 2 aromatic rings. The molecule has 3 rings (SSSR count). The first-order valence-corrected chi connectivity index (χ1v) is 19.9. The molecular weight excluding hydrogens is 613 g/mol. The Kier molecular flexibility index (Phi) is 21.1. The summed E-state index contributed by atoms with van der Waals surface area (Å²) < 4.78 is 31.0. The van der Waals surface area contributed by atoms with Gasteiger partial charge in [-0.1, -0.05) is 140 Å². The fourth-order valence-corrected chi connectivity index (χ4v) is 7.34. The molecule has 6 heteroatoms. The summed E-state index contributed by atoms with van der Waals surface area (Å²) >= 11 is 0. The minimum absolute atomic E-state index is 0.120. The Bertz CT molecular complexity index is 1130. The fourth-order valence-electron chi connectivity index (χ4n) is 7.34. The van der Waals surface area contributed by atoms with Crippen LogP contribution in [-0.2, 0) is 16.0 Å². The van der Waals surface area contributed by atoms with Gasteiger partial charge in [-0.15, -0.1) is 0 Å². The smallest absolute Gasteiger partial charge is 0.306 e. The summed E-state index contributed by atoms with van der Waals surface area (Å²) in [7, 11) is 3.29. The number of unbranched alkanes of at least 4 members (excludes halogenated alkanes) is 17. The Labute approximate surface area is 298 Å². The third-order valence-corrected chi connectivity index (χ3v) is 10.4. The number of likely N-dealkylation sites (tertiary alicyclic amines) is 1. The quantitative estimate of drug-likeness (QED) is 0.0694. The molecule has 276 valence electrons. The van der Waals surface area contributed by atoms with Gasteiger partial charge in [0.1, 0.15) is 11.9 Å². The van der Waals surface area contributed by atoms with Crippen molar-refractivity contribution in [3.05, 3.63) is 59.4 Å². The number of hydrogen-bond donors (Lipinski definition) is 0. The second kappa shape index (κ2) is 25.4. The zero-order valence-electron chi connectivity index (χ0n) is 31.3. The third kappa shape index (κ3) is 16.3. The Balaban J connectivity index is 1.33. The second-order valence-electron chi connectivity index (χ2n) is 14.3. The van der Waals surface area contributed by atoms with Crippen molar-refractivity contribution in [1.82, 2.24) is 4.90 Å².